The van der Waals surface area contributed by atoms with Gasteiger partial charge in [-0.05, 0) is 50.7 Å². The molecule has 2 atom stereocenters. The standard InChI is InChI=1S/C22H28ClN3O3S/c1-25(2)21(18-12-6-7-13-19(18)23)16-24-22(27)20-14-8-9-15-26(20)30(28,29)17-10-4-3-5-11-17/h3-7,10-13,20-21H,8-9,14-16H2,1-2H3,(H,24,27). The van der Waals surface area contributed by atoms with E-state index in [1.807, 2.05) is 43.3 Å². The fourth-order valence-electron chi connectivity index (χ4n) is 3.81. The molecule has 2 aromatic rings. The van der Waals surface area contributed by atoms with Crippen LogP contribution in [0.15, 0.2) is 59.5 Å². The number of rotatable bonds is 7. The van der Waals surface area contributed by atoms with Crippen molar-refractivity contribution in [3.8, 4) is 0 Å². The normalized spacial score (nSPS) is 18.9. The van der Waals surface area contributed by atoms with Crippen molar-refractivity contribution in [3.63, 3.8) is 0 Å². The predicted octanol–water partition coefficient (Wildman–Crippen LogP) is 3.30. The number of sulfonamides is 1. The number of halogens is 1. The van der Waals surface area contributed by atoms with Gasteiger partial charge in [-0.1, -0.05) is 54.4 Å². The van der Waals surface area contributed by atoms with Crippen molar-refractivity contribution in [2.45, 2.75) is 36.2 Å². The molecule has 0 spiro atoms. The largest absolute Gasteiger partial charge is 0.353 e. The zero-order valence-electron chi connectivity index (χ0n) is 17.3. The number of piperidine rings is 1. The van der Waals surface area contributed by atoms with Crippen molar-refractivity contribution in [1.82, 2.24) is 14.5 Å². The maximum Gasteiger partial charge on any atom is 0.243 e. The molecule has 2 unspecified atom stereocenters. The van der Waals surface area contributed by atoms with E-state index in [-0.39, 0.29) is 16.8 Å². The molecular formula is C22H28ClN3O3S. The number of hydrogen-bond acceptors (Lipinski definition) is 4. The molecule has 0 bridgehead atoms. The highest BCUT2D eigenvalue weighted by molar-refractivity contribution is 7.89. The average molecular weight is 450 g/mol. The Balaban J connectivity index is 1.76. The number of benzene rings is 2. The first-order chi connectivity index (χ1) is 14.3. The summed E-state index contributed by atoms with van der Waals surface area (Å²) in [6.07, 6.45) is 2.08. The van der Waals surface area contributed by atoms with Gasteiger partial charge in [0.05, 0.1) is 10.9 Å². The number of amides is 1. The van der Waals surface area contributed by atoms with E-state index in [9.17, 15) is 13.2 Å². The fraction of sp³-hybridized carbons (Fsp3) is 0.409. The summed E-state index contributed by atoms with van der Waals surface area (Å²) in [5.41, 5.74) is 0.918. The molecule has 0 aromatic heterocycles. The van der Waals surface area contributed by atoms with Gasteiger partial charge in [0.2, 0.25) is 15.9 Å². The lowest BCUT2D eigenvalue weighted by Gasteiger charge is -2.34. The zero-order valence-corrected chi connectivity index (χ0v) is 18.9. The van der Waals surface area contributed by atoms with Crippen LogP contribution in [0.1, 0.15) is 30.9 Å². The molecule has 0 radical (unpaired) electrons. The van der Waals surface area contributed by atoms with E-state index in [4.69, 9.17) is 11.6 Å². The Kier molecular flexibility index (Phi) is 7.52. The van der Waals surface area contributed by atoms with Gasteiger partial charge in [0.1, 0.15) is 6.04 Å². The molecule has 2 aromatic carbocycles. The molecule has 6 nitrogen and oxygen atoms in total. The summed E-state index contributed by atoms with van der Waals surface area (Å²) in [7, 11) is 0.118. The van der Waals surface area contributed by atoms with Crippen LogP contribution in [-0.4, -0.2) is 56.8 Å². The molecule has 1 aliphatic heterocycles. The highest BCUT2D eigenvalue weighted by Crippen LogP contribution is 2.27. The van der Waals surface area contributed by atoms with Crippen LogP contribution >= 0.6 is 11.6 Å². The van der Waals surface area contributed by atoms with E-state index in [1.165, 1.54) is 4.31 Å². The molecule has 1 saturated heterocycles. The predicted molar refractivity (Wildman–Crippen MR) is 119 cm³/mol. The van der Waals surface area contributed by atoms with Crippen LogP contribution in [0.5, 0.6) is 0 Å². The minimum atomic E-state index is -3.73. The summed E-state index contributed by atoms with van der Waals surface area (Å²) in [6, 6.07) is 15.0. The van der Waals surface area contributed by atoms with Gasteiger partial charge >= 0.3 is 0 Å². The van der Waals surface area contributed by atoms with Crippen molar-refractivity contribution in [1.29, 1.82) is 0 Å². The molecule has 8 heteroatoms. The summed E-state index contributed by atoms with van der Waals surface area (Å²) in [4.78, 5) is 15.3. The topological polar surface area (TPSA) is 69.7 Å². The second-order valence-electron chi connectivity index (χ2n) is 7.69. The molecule has 162 valence electrons. The van der Waals surface area contributed by atoms with E-state index < -0.39 is 16.1 Å². The van der Waals surface area contributed by atoms with Crippen LogP contribution in [0.2, 0.25) is 5.02 Å². The highest BCUT2D eigenvalue weighted by atomic mass is 35.5. The van der Waals surface area contributed by atoms with E-state index in [1.54, 1.807) is 30.3 Å². The van der Waals surface area contributed by atoms with Crippen molar-refractivity contribution in [2.75, 3.05) is 27.2 Å². The van der Waals surface area contributed by atoms with Gasteiger partial charge in [-0.25, -0.2) is 8.42 Å². The molecular weight excluding hydrogens is 422 g/mol. The molecule has 3 rings (SSSR count). The summed E-state index contributed by atoms with van der Waals surface area (Å²) in [5, 5.41) is 3.60. The van der Waals surface area contributed by atoms with Crippen LogP contribution in [0.4, 0.5) is 0 Å². The van der Waals surface area contributed by atoms with Crippen LogP contribution in [0.3, 0.4) is 0 Å². The van der Waals surface area contributed by atoms with E-state index in [2.05, 4.69) is 5.32 Å². The summed E-state index contributed by atoms with van der Waals surface area (Å²) in [6.45, 7) is 0.683. The summed E-state index contributed by atoms with van der Waals surface area (Å²) >= 11 is 6.35. The average Bonchev–Trinajstić information content (AvgIpc) is 2.75. The van der Waals surface area contributed by atoms with Crippen molar-refractivity contribution in [3.05, 3.63) is 65.2 Å². The molecule has 1 fully saturated rings. The number of carbonyl (C=O) groups is 1. The maximum atomic E-state index is 13.1. The second-order valence-corrected chi connectivity index (χ2v) is 9.98. The minimum absolute atomic E-state index is 0.120. The number of hydrogen-bond donors (Lipinski definition) is 1. The monoisotopic (exact) mass is 449 g/mol. The highest BCUT2D eigenvalue weighted by Gasteiger charge is 2.37. The van der Waals surface area contributed by atoms with Gasteiger partial charge in [-0.3, -0.25) is 4.79 Å². The van der Waals surface area contributed by atoms with Crippen molar-refractivity contribution < 1.29 is 13.2 Å². The third kappa shape index (κ3) is 5.03. The first kappa shape index (κ1) is 22.7. The van der Waals surface area contributed by atoms with Gasteiger partial charge in [-0.2, -0.15) is 4.31 Å². The Bertz CT molecular complexity index is 967. The second kappa shape index (κ2) is 9.92. The third-order valence-electron chi connectivity index (χ3n) is 5.46. The van der Waals surface area contributed by atoms with Gasteiger partial charge in [0.15, 0.2) is 0 Å². The first-order valence-corrected chi connectivity index (χ1v) is 11.9. The van der Waals surface area contributed by atoms with Crippen LogP contribution < -0.4 is 5.32 Å². The Labute approximate surface area is 183 Å². The molecule has 1 N–H and O–H groups in total. The summed E-state index contributed by atoms with van der Waals surface area (Å²) < 4.78 is 27.6. The maximum absolute atomic E-state index is 13.1. The van der Waals surface area contributed by atoms with Gasteiger partial charge < -0.3 is 10.2 Å². The fourth-order valence-corrected chi connectivity index (χ4v) is 5.75. The Hall–Kier alpha value is -1.93. The van der Waals surface area contributed by atoms with Gasteiger partial charge in [0.25, 0.3) is 0 Å². The Morgan fingerprint density at radius 2 is 1.80 bits per heavy atom. The first-order valence-electron chi connectivity index (χ1n) is 10.1. The van der Waals surface area contributed by atoms with Crippen molar-refractivity contribution in [2.24, 2.45) is 0 Å². The SMILES string of the molecule is CN(C)C(CNC(=O)C1CCCCN1S(=O)(=O)c1ccccc1)c1ccccc1Cl. The Morgan fingerprint density at radius 3 is 2.47 bits per heavy atom. The third-order valence-corrected chi connectivity index (χ3v) is 7.73. The number of likely N-dealkylation sites (N-methyl/N-ethyl adjacent to an activating group) is 1. The van der Waals surface area contributed by atoms with E-state index in [0.29, 0.717) is 24.5 Å². The lowest BCUT2D eigenvalue weighted by atomic mass is 10.0. The molecule has 0 aliphatic carbocycles. The summed E-state index contributed by atoms with van der Waals surface area (Å²) in [5.74, 6) is -0.270. The quantitative estimate of drug-likeness (QED) is 0.704. The van der Waals surface area contributed by atoms with Crippen LogP contribution in [0, 0.1) is 0 Å². The van der Waals surface area contributed by atoms with Crippen LogP contribution in [0.25, 0.3) is 0 Å². The van der Waals surface area contributed by atoms with Crippen LogP contribution in [-0.2, 0) is 14.8 Å². The number of nitrogens with zero attached hydrogens (tertiary/aromatic N) is 2. The Morgan fingerprint density at radius 1 is 1.13 bits per heavy atom. The smallest absolute Gasteiger partial charge is 0.243 e. The van der Waals surface area contributed by atoms with E-state index in [0.717, 1.165) is 18.4 Å². The minimum Gasteiger partial charge on any atom is -0.353 e. The van der Waals surface area contributed by atoms with Gasteiger partial charge in [-0.15, -0.1) is 0 Å². The molecule has 1 heterocycles. The van der Waals surface area contributed by atoms with Gasteiger partial charge in [0, 0.05) is 18.1 Å². The molecule has 30 heavy (non-hydrogen) atoms. The van der Waals surface area contributed by atoms with E-state index >= 15 is 0 Å². The number of nitrogens with one attached hydrogen (secondary N) is 1. The molecule has 0 saturated carbocycles. The molecule has 1 amide bonds. The number of carbonyl (C=O) groups excluding carboxylic acids is 1. The lowest BCUT2D eigenvalue weighted by Crippen LogP contribution is -2.52. The zero-order chi connectivity index (χ0) is 21.7. The molecule has 1 aliphatic rings. The van der Waals surface area contributed by atoms with Crippen molar-refractivity contribution >= 4 is 27.5 Å². The lowest BCUT2D eigenvalue weighted by molar-refractivity contribution is -0.125.